The van der Waals surface area contributed by atoms with Crippen LogP contribution in [0.1, 0.15) is 25.7 Å². The fourth-order valence-corrected chi connectivity index (χ4v) is 1.85. The number of amides is 1. The number of carbonyl (C=O) groups is 1. The van der Waals surface area contributed by atoms with Crippen LogP contribution in [0.3, 0.4) is 0 Å². The molecule has 1 aliphatic carbocycles. The van der Waals surface area contributed by atoms with Gasteiger partial charge in [-0.2, -0.15) is 0 Å². The van der Waals surface area contributed by atoms with Gasteiger partial charge in [-0.15, -0.1) is 11.6 Å². The molecule has 3 nitrogen and oxygen atoms in total. The summed E-state index contributed by atoms with van der Waals surface area (Å²) in [5, 5.41) is 12.2. The van der Waals surface area contributed by atoms with Crippen molar-refractivity contribution < 1.29 is 9.90 Å². The van der Waals surface area contributed by atoms with Gasteiger partial charge in [-0.3, -0.25) is 4.79 Å². The highest BCUT2D eigenvalue weighted by Crippen LogP contribution is 2.24. The predicted molar refractivity (Wildman–Crippen MR) is 51.7 cm³/mol. The Bertz CT molecular complexity index is 175. The first-order valence-electron chi connectivity index (χ1n) is 4.74. The van der Waals surface area contributed by atoms with Gasteiger partial charge in [0.1, 0.15) is 0 Å². The van der Waals surface area contributed by atoms with Gasteiger partial charge in [-0.25, -0.2) is 0 Å². The lowest BCUT2D eigenvalue weighted by molar-refractivity contribution is -0.121. The monoisotopic (exact) mass is 205 g/mol. The van der Waals surface area contributed by atoms with Gasteiger partial charge in [-0.05, 0) is 12.8 Å². The lowest BCUT2D eigenvalue weighted by Crippen LogP contribution is -2.32. The maximum absolute atomic E-state index is 11.0. The first-order valence-corrected chi connectivity index (χ1v) is 5.28. The number of aliphatic hydroxyl groups excluding tert-OH is 1. The van der Waals surface area contributed by atoms with Crippen LogP contribution in [0.15, 0.2) is 0 Å². The molecular formula is C9H16ClNO2. The quantitative estimate of drug-likeness (QED) is 0.670. The molecule has 1 fully saturated rings. The largest absolute Gasteiger partial charge is 0.393 e. The Morgan fingerprint density at radius 3 is 2.85 bits per heavy atom. The lowest BCUT2D eigenvalue weighted by atomic mass is 10.1. The van der Waals surface area contributed by atoms with Crippen LogP contribution in [0.4, 0.5) is 0 Å². The normalized spacial score (nSPS) is 27.5. The lowest BCUT2D eigenvalue weighted by Gasteiger charge is -2.14. The second-order valence-corrected chi connectivity index (χ2v) is 3.88. The van der Waals surface area contributed by atoms with Crippen molar-refractivity contribution in [2.24, 2.45) is 5.92 Å². The van der Waals surface area contributed by atoms with E-state index in [2.05, 4.69) is 5.32 Å². The summed E-state index contributed by atoms with van der Waals surface area (Å²) in [6.45, 7) is 0.594. The van der Waals surface area contributed by atoms with Crippen LogP contribution in [0, 0.1) is 5.92 Å². The van der Waals surface area contributed by atoms with Gasteiger partial charge < -0.3 is 10.4 Å². The molecule has 0 bridgehead atoms. The van der Waals surface area contributed by atoms with Gasteiger partial charge in [0, 0.05) is 24.8 Å². The highest BCUT2D eigenvalue weighted by molar-refractivity contribution is 6.18. The SMILES string of the molecule is O=C(CCCl)NCC1CCCC1O. The summed E-state index contributed by atoms with van der Waals surface area (Å²) in [5.41, 5.74) is 0. The zero-order valence-corrected chi connectivity index (χ0v) is 8.39. The fourth-order valence-electron chi connectivity index (χ4n) is 1.67. The van der Waals surface area contributed by atoms with Crippen molar-refractivity contribution in [1.82, 2.24) is 5.32 Å². The Morgan fingerprint density at radius 2 is 2.31 bits per heavy atom. The molecule has 0 saturated heterocycles. The molecule has 0 spiro atoms. The summed E-state index contributed by atoms with van der Waals surface area (Å²) in [6, 6.07) is 0. The molecule has 0 radical (unpaired) electrons. The summed E-state index contributed by atoms with van der Waals surface area (Å²) >= 11 is 5.41. The molecule has 0 aromatic carbocycles. The Kier molecular flexibility index (Phi) is 4.53. The van der Waals surface area contributed by atoms with Gasteiger partial charge in [0.2, 0.25) is 5.91 Å². The molecule has 76 valence electrons. The van der Waals surface area contributed by atoms with Gasteiger partial charge in [0.05, 0.1) is 6.10 Å². The summed E-state index contributed by atoms with van der Waals surface area (Å²) in [7, 11) is 0. The minimum Gasteiger partial charge on any atom is -0.393 e. The molecule has 0 aromatic rings. The topological polar surface area (TPSA) is 49.3 Å². The second-order valence-electron chi connectivity index (χ2n) is 3.50. The van der Waals surface area contributed by atoms with E-state index in [9.17, 15) is 9.90 Å². The third-order valence-electron chi connectivity index (χ3n) is 2.50. The van der Waals surface area contributed by atoms with Crippen molar-refractivity contribution >= 4 is 17.5 Å². The number of halogens is 1. The smallest absolute Gasteiger partial charge is 0.221 e. The summed E-state index contributed by atoms with van der Waals surface area (Å²) in [4.78, 5) is 11.0. The number of aliphatic hydroxyl groups is 1. The zero-order valence-electron chi connectivity index (χ0n) is 7.63. The van der Waals surface area contributed by atoms with Crippen LogP contribution in [0.25, 0.3) is 0 Å². The van der Waals surface area contributed by atoms with Crippen molar-refractivity contribution in [2.75, 3.05) is 12.4 Å². The van der Waals surface area contributed by atoms with E-state index in [0.29, 0.717) is 18.8 Å². The molecular weight excluding hydrogens is 190 g/mol. The average molecular weight is 206 g/mol. The molecule has 4 heteroatoms. The van der Waals surface area contributed by atoms with Gasteiger partial charge >= 0.3 is 0 Å². The van der Waals surface area contributed by atoms with Crippen LogP contribution >= 0.6 is 11.6 Å². The Morgan fingerprint density at radius 1 is 1.54 bits per heavy atom. The third kappa shape index (κ3) is 3.53. The molecule has 1 saturated carbocycles. The number of hydrogen-bond donors (Lipinski definition) is 2. The minimum absolute atomic E-state index is 0.0194. The van der Waals surface area contributed by atoms with Gasteiger partial charge in [0.25, 0.3) is 0 Å². The second kappa shape index (κ2) is 5.45. The van der Waals surface area contributed by atoms with Crippen molar-refractivity contribution in [3.63, 3.8) is 0 Å². The fraction of sp³-hybridized carbons (Fsp3) is 0.889. The van der Waals surface area contributed by atoms with Crippen LogP contribution in [-0.4, -0.2) is 29.5 Å². The van der Waals surface area contributed by atoms with Crippen molar-refractivity contribution in [1.29, 1.82) is 0 Å². The van der Waals surface area contributed by atoms with Crippen LogP contribution < -0.4 is 5.32 Å². The van der Waals surface area contributed by atoms with E-state index >= 15 is 0 Å². The maximum Gasteiger partial charge on any atom is 0.221 e. The molecule has 0 heterocycles. The van der Waals surface area contributed by atoms with E-state index < -0.39 is 0 Å². The summed E-state index contributed by atoms with van der Waals surface area (Å²) < 4.78 is 0. The third-order valence-corrected chi connectivity index (χ3v) is 2.69. The average Bonchev–Trinajstić information content (AvgIpc) is 2.48. The molecule has 1 aliphatic rings. The van der Waals surface area contributed by atoms with Crippen molar-refractivity contribution in [2.45, 2.75) is 31.8 Å². The van der Waals surface area contributed by atoms with Crippen LogP contribution in [0.5, 0.6) is 0 Å². The predicted octanol–water partition coefficient (Wildman–Crippen LogP) is 0.892. The molecule has 13 heavy (non-hydrogen) atoms. The van der Waals surface area contributed by atoms with Crippen LogP contribution in [-0.2, 0) is 4.79 Å². The number of carbonyl (C=O) groups excluding carboxylic acids is 1. The molecule has 2 atom stereocenters. The molecule has 2 N–H and O–H groups in total. The molecule has 2 unspecified atom stereocenters. The first-order chi connectivity index (χ1) is 6.24. The Labute approximate surface area is 83.5 Å². The van der Waals surface area contributed by atoms with E-state index in [4.69, 9.17) is 11.6 Å². The molecule has 0 aliphatic heterocycles. The minimum atomic E-state index is -0.226. The van der Waals surface area contributed by atoms with E-state index in [1.54, 1.807) is 0 Å². The van der Waals surface area contributed by atoms with Gasteiger partial charge in [-0.1, -0.05) is 6.42 Å². The van der Waals surface area contributed by atoms with E-state index in [1.807, 2.05) is 0 Å². The van der Waals surface area contributed by atoms with E-state index in [-0.39, 0.29) is 17.9 Å². The van der Waals surface area contributed by atoms with Gasteiger partial charge in [0.15, 0.2) is 0 Å². The van der Waals surface area contributed by atoms with Crippen molar-refractivity contribution in [3.8, 4) is 0 Å². The number of rotatable bonds is 4. The van der Waals surface area contributed by atoms with E-state index in [1.165, 1.54) is 0 Å². The van der Waals surface area contributed by atoms with Crippen molar-refractivity contribution in [3.05, 3.63) is 0 Å². The Balaban J connectivity index is 2.14. The Hall–Kier alpha value is -0.280. The highest BCUT2D eigenvalue weighted by atomic mass is 35.5. The number of hydrogen-bond acceptors (Lipinski definition) is 2. The summed E-state index contributed by atoms with van der Waals surface area (Å²) in [5.74, 6) is 0.590. The molecule has 0 aromatic heterocycles. The maximum atomic E-state index is 11.0. The summed E-state index contributed by atoms with van der Waals surface area (Å²) in [6.07, 6.45) is 3.09. The van der Waals surface area contributed by atoms with Crippen LogP contribution in [0.2, 0.25) is 0 Å². The number of alkyl halides is 1. The molecule has 1 rings (SSSR count). The first kappa shape index (κ1) is 10.8. The van der Waals surface area contributed by atoms with E-state index in [0.717, 1.165) is 19.3 Å². The number of nitrogens with one attached hydrogen (secondary N) is 1. The zero-order chi connectivity index (χ0) is 9.68. The highest BCUT2D eigenvalue weighted by Gasteiger charge is 2.24. The standard InChI is InChI=1S/C9H16ClNO2/c10-5-4-9(13)11-6-7-2-1-3-8(7)12/h7-8,12H,1-6H2,(H,11,13). The molecule has 1 amide bonds.